The Morgan fingerprint density at radius 3 is 0.815 bits per heavy atom. The minimum absolute atomic E-state index is 0. The van der Waals surface area contributed by atoms with E-state index < -0.39 is 11.4 Å². The predicted molar refractivity (Wildman–Crippen MR) is 135 cm³/mol. The first kappa shape index (κ1) is 34.5. The Morgan fingerprint density at radius 1 is 0.556 bits per heavy atom. The fourth-order valence-corrected chi connectivity index (χ4v) is 4.67. The van der Waals surface area contributed by atoms with Crippen LogP contribution in [0.3, 0.4) is 0 Å². The molecule has 0 saturated heterocycles. The molecule has 0 aromatic heterocycles. The maximum atomic E-state index is 5.41. The molecule has 0 aliphatic carbocycles. The van der Waals surface area contributed by atoms with Crippen molar-refractivity contribution in [3.63, 3.8) is 0 Å². The molecule has 0 heterocycles. The first-order valence-electron chi connectivity index (χ1n) is 8.90. The van der Waals surface area contributed by atoms with Crippen LogP contribution in [0.1, 0.15) is 55.4 Å². The molecule has 0 unspecified atom stereocenters. The summed E-state index contributed by atoms with van der Waals surface area (Å²) >= 11 is 18.7. The maximum Gasteiger partial charge on any atom is 0.244 e. The van der Waals surface area contributed by atoms with E-state index in [1.54, 1.807) is 0 Å². The van der Waals surface area contributed by atoms with Crippen LogP contribution in [0.2, 0.25) is 0 Å². The second-order valence-corrected chi connectivity index (χ2v) is 18.3. The molecular formula is C16H38NaO4P2S4. The third-order valence-electron chi connectivity index (χ3n) is 2.28. The van der Waals surface area contributed by atoms with Crippen molar-refractivity contribution in [2.24, 2.45) is 23.7 Å². The SMILES string of the molecule is CC(C)COP(=S)(S)OCC(C)C.CC(C)COP(=S)(S)OCC(C)C.[Na]. The minimum atomic E-state index is -2.27. The Labute approximate surface area is 210 Å². The minimum Gasteiger partial charge on any atom is -0.322 e. The second kappa shape index (κ2) is 18.4. The largest absolute Gasteiger partial charge is 0.322 e. The molecule has 11 heteroatoms. The maximum absolute atomic E-state index is 5.41. The van der Waals surface area contributed by atoms with Gasteiger partial charge in [-0.05, 0) is 47.3 Å². The topological polar surface area (TPSA) is 36.9 Å². The van der Waals surface area contributed by atoms with E-state index in [4.69, 9.17) is 41.7 Å². The molecular weight excluding hydrogens is 469 g/mol. The summed E-state index contributed by atoms with van der Waals surface area (Å²) in [6, 6.07) is 0. The summed E-state index contributed by atoms with van der Waals surface area (Å²) in [7, 11) is 0. The van der Waals surface area contributed by atoms with Gasteiger partial charge in [0.15, 0.2) is 0 Å². The van der Waals surface area contributed by atoms with Crippen molar-refractivity contribution >= 4 is 89.1 Å². The zero-order valence-electron chi connectivity index (χ0n) is 18.4. The zero-order chi connectivity index (χ0) is 21.0. The normalized spacial score (nSPS) is 12.4. The van der Waals surface area contributed by atoms with Crippen LogP contribution in [0.15, 0.2) is 0 Å². The molecule has 0 fully saturated rings. The van der Waals surface area contributed by atoms with Crippen LogP contribution in [0, 0.1) is 23.7 Å². The summed E-state index contributed by atoms with van der Waals surface area (Å²) in [6.45, 7) is 19.1. The van der Waals surface area contributed by atoms with Crippen molar-refractivity contribution in [3.05, 3.63) is 0 Å². The molecule has 0 N–H and O–H groups in total. The average molecular weight is 508 g/mol. The molecule has 0 bridgehead atoms. The zero-order valence-corrected chi connectivity index (χ0v) is 25.6. The van der Waals surface area contributed by atoms with Crippen molar-refractivity contribution in [3.8, 4) is 0 Å². The molecule has 0 spiro atoms. The van der Waals surface area contributed by atoms with Crippen molar-refractivity contribution in [2.75, 3.05) is 26.4 Å². The first-order valence-corrected chi connectivity index (χ1v) is 16.5. The number of hydrogen-bond acceptors (Lipinski definition) is 6. The molecule has 4 nitrogen and oxygen atoms in total. The summed E-state index contributed by atoms with van der Waals surface area (Å²) in [4.78, 5) is 0. The molecule has 0 aliphatic heterocycles. The van der Waals surface area contributed by atoms with Gasteiger partial charge in [-0.2, -0.15) is 0 Å². The third kappa shape index (κ3) is 28.8. The van der Waals surface area contributed by atoms with E-state index in [2.05, 4.69) is 79.9 Å². The van der Waals surface area contributed by atoms with E-state index in [0.717, 1.165) is 0 Å². The number of hydrogen-bond donors (Lipinski definition) is 2. The fourth-order valence-electron chi connectivity index (χ4n) is 1.05. The molecule has 0 amide bonds. The van der Waals surface area contributed by atoms with E-state index in [-0.39, 0.29) is 29.6 Å². The van der Waals surface area contributed by atoms with Crippen molar-refractivity contribution in [2.45, 2.75) is 55.4 Å². The van der Waals surface area contributed by atoms with E-state index >= 15 is 0 Å². The predicted octanol–water partition coefficient (Wildman–Crippen LogP) is 6.59. The quantitative estimate of drug-likeness (QED) is 0.176. The van der Waals surface area contributed by atoms with E-state index in [0.29, 0.717) is 50.1 Å². The Morgan fingerprint density at radius 2 is 0.704 bits per heavy atom. The van der Waals surface area contributed by atoms with Crippen LogP contribution in [-0.2, 0) is 41.7 Å². The number of thiol groups is 2. The molecule has 0 rings (SSSR count). The molecule has 0 saturated carbocycles. The van der Waals surface area contributed by atoms with Gasteiger partial charge in [0, 0.05) is 29.6 Å². The van der Waals surface area contributed by atoms with Gasteiger partial charge in [-0.1, -0.05) is 79.9 Å². The van der Waals surface area contributed by atoms with Crippen LogP contribution in [0.4, 0.5) is 0 Å². The summed E-state index contributed by atoms with van der Waals surface area (Å²) in [6.07, 6.45) is 0. The van der Waals surface area contributed by atoms with E-state index in [9.17, 15) is 0 Å². The third-order valence-corrected chi connectivity index (χ3v) is 6.84. The van der Waals surface area contributed by atoms with Crippen LogP contribution in [0.5, 0.6) is 0 Å². The summed E-state index contributed by atoms with van der Waals surface area (Å²) < 4.78 is 21.6. The van der Waals surface area contributed by atoms with Gasteiger partial charge in [0.25, 0.3) is 0 Å². The Hall–Kier alpha value is 2.84. The van der Waals surface area contributed by atoms with Gasteiger partial charge in [-0.15, -0.1) is 0 Å². The molecule has 0 aromatic carbocycles. The fraction of sp³-hybridized carbons (Fsp3) is 1.00. The molecule has 0 atom stereocenters. The van der Waals surface area contributed by atoms with Gasteiger partial charge in [0.05, 0.1) is 26.4 Å². The van der Waals surface area contributed by atoms with Gasteiger partial charge in [-0.3, -0.25) is 0 Å². The number of rotatable bonds is 12. The summed E-state index contributed by atoms with van der Waals surface area (Å²) in [5.74, 6) is 1.88. The molecule has 161 valence electrons. The smallest absolute Gasteiger partial charge is 0.244 e. The van der Waals surface area contributed by atoms with Crippen LogP contribution in [0.25, 0.3) is 0 Å². The van der Waals surface area contributed by atoms with Crippen molar-refractivity contribution in [1.82, 2.24) is 0 Å². The Bertz CT molecular complexity index is 380. The molecule has 0 aromatic rings. The van der Waals surface area contributed by atoms with Gasteiger partial charge in [-0.25, -0.2) is 0 Å². The molecule has 1 radical (unpaired) electrons. The monoisotopic (exact) mass is 507 g/mol. The molecule has 0 aliphatic rings. The summed E-state index contributed by atoms with van der Waals surface area (Å²) in [5, 5.41) is 0. The average Bonchev–Trinajstić information content (AvgIpc) is 2.48. The standard InChI is InChI=1S/2C8H19O2PS2.Na/c2*1-7(2)5-9-11(12,13)10-6-8(3)4;/h2*7-8H,5-6H2,1-4H3,(H,12,13);. The van der Waals surface area contributed by atoms with Crippen LogP contribution in [-0.4, -0.2) is 56.0 Å². The van der Waals surface area contributed by atoms with Gasteiger partial charge < -0.3 is 18.1 Å². The first-order chi connectivity index (χ1) is 11.7. The van der Waals surface area contributed by atoms with Crippen LogP contribution >= 0.6 is 35.9 Å². The summed E-state index contributed by atoms with van der Waals surface area (Å²) in [5.41, 5.74) is -4.55. The van der Waals surface area contributed by atoms with Gasteiger partial charge in [0.1, 0.15) is 0 Å². The van der Waals surface area contributed by atoms with Crippen molar-refractivity contribution in [1.29, 1.82) is 0 Å². The van der Waals surface area contributed by atoms with E-state index in [1.165, 1.54) is 0 Å². The molecule has 27 heavy (non-hydrogen) atoms. The Kier molecular flexibility index (Phi) is 23.5. The van der Waals surface area contributed by atoms with E-state index in [1.807, 2.05) is 0 Å². The van der Waals surface area contributed by atoms with Crippen molar-refractivity contribution < 1.29 is 18.1 Å². The second-order valence-electron chi connectivity index (χ2n) is 7.70. The van der Waals surface area contributed by atoms with Gasteiger partial charge in [0.2, 0.25) is 11.4 Å². The Balaban J connectivity index is -0.000000411. The van der Waals surface area contributed by atoms with Gasteiger partial charge >= 0.3 is 0 Å². The van der Waals surface area contributed by atoms with Crippen LogP contribution < -0.4 is 0 Å².